The Kier molecular flexibility index (Phi) is 2.61. The summed E-state index contributed by atoms with van der Waals surface area (Å²) in [5.74, 6) is 1.83. The SMILES string of the molecule is CC1CCNC2CC(Cl)CCC12. The first-order valence-corrected chi connectivity index (χ1v) is 5.58. The van der Waals surface area contributed by atoms with Gasteiger partial charge in [0.05, 0.1) is 0 Å². The number of nitrogens with one attached hydrogen (secondary N) is 1. The summed E-state index contributed by atoms with van der Waals surface area (Å²) in [6, 6.07) is 0.727. The van der Waals surface area contributed by atoms with Crippen molar-refractivity contribution < 1.29 is 0 Å². The van der Waals surface area contributed by atoms with Gasteiger partial charge in [0.25, 0.3) is 0 Å². The highest BCUT2D eigenvalue weighted by Crippen LogP contribution is 2.36. The van der Waals surface area contributed by atoms with Crippen molar-refractivity contribution in [2.45, 2.75) is 44.0 Å². The van der Waals surface area contributed by atoms with E-state index in [4.69, 9.17) is 11.6 Å². The Labute approximate surface area is 79.9 Å². The van der Waals surface area contributed by atoms with E-state index in [1.165, 1.54) is 32.2 Å². The minimum Gasteiger partial charge on any atom is -0.314 e. The number of fused-ring (bicyclic) bond motifs is 1. The van der Waals surface area contributed by atoms with Crippen LogP contribution < -0.4 is 5.32 Å². The van der Waals surface area contributed by atoms with E-state index in [1.54, 1.807) is 0 Å². The molecule has 2 fully saturated rings. The number of piperidine rings is 1. The van der Waals surface area contributed by atoms with Gasteiger partial charge >= 0.3 is 0 Å². The number of halogens is 1. The van der Waals surface area contributed by atoms with E-state index in [0.29, 0.717) is 5.38 Å². The van der Waals surface area contributed by atoms with Crippen LogP contribution in [0, 0.1) is 11.8 Å². The van der Waals surface area contributed by atoms with Crippen molar-refractivity contribution in [3.8, 4) is 0 Å². The Morgan fingerprint density at radius 2 is 2.08 bits per heavy atom. The van der Waals surface area contributed by atoms with Crippen LogP contribution in [0.25, 0.3) is 0 Å². The molecule has 2 heteroatoms. The molecule has 1 saturated heterocycles. The van der Waals surface area contributed by atoms with Crippen molar-refractivity contribution >= 4 is 11.6 Å². The van der Waals surface area contributed by atoms with Crippen LogP contribution in [0.1, 0.15) is 32.6 Å². The van der Waals surface area contributed by atoms with Crippen molar-refractivity contribution in [1.29, 1.82) is 0 Å². The van der Waals surface area contributed by atoms with Crippen LogP contribution in [0.5, 0.6) is 0 Å². The van der Waals surface area contributed by atoms with Gasteiger partial charge in [0, 0.05) is 11.4 Å². The normalized spacial score (nSPS) is 48.5. The van der Waals surface area contributed by atoms with Gasteiger partial charge < -0.3 is 5.32 Å². The summed E-state index contributed by atoms with van der Waals surface area (Å²) in [6.45, 7) is 3.60. The molecule has 12 heavy (non-hydrogen) atoms. The minimum atomic E-state index is 0.434. The molecule has 1 aliphatic heterocycles. The quantitative estimate of drug-likeness (QED) is 0.575. The zero-order chi connectivity index (χ0) is 8.55. The van der Waals surface area contributed by atoms with E-state index < -0.39 is 0 Å². The molecule has 0 aromatic heterocycles. The zero-order valence-electron chi connectivity index (χ0n) is 7.72. The molecule has 70 valence electrons. The minimum absolute atomic E-state index is 0.434. The second-order valence-electron chi connectivity index (χ2n) is 4.40. The third-order valence-electron chi connectivity index (χ3n) is 3.58. The van der Waals surface area contributed by atoms with E-state index in [9.17, 15) is 0 Å². The lowest BCUT2D eigenvalue weighted by Gasteiger charge is -2.42. The van der Waals surface area contributed by atoms with E-state index in [0.717, 1.165) is 17.9 Å². The summed E-state index contributed by atoms with van der Waals surface area (Å²) >= 11 is 6.14. The molecule has 0 bridgehead atoms. The molecule has 4 unspecified atom stereocenters. The first kappa shape index (κ1) is 8.83. The smallest absolute Gasteiger partial charge is 0.0351 e. The highest BCUT2D eigenvalue weighted by molar-refractivity contribution is 6.20. The molecule has 1 aliphatic carbocycles. The van der Waals surface area contributed by atoms with Crippen LogP contribution in [-0.4, -0.2) is 18.0 Å². The van der Waals surface area contributed by atoms with Crippen LogP contribution in [0.4, 0.5) is 0 Å². The fourth-order valence-electron chi connectivity index (χ4n) is 2.77. The van der Waals surface area contributed by atoms with Gasteiger partial charge in [0.15, 0.2) is 0 Å². The Morgan fingerprint density at radius 1 is 1.25 bits per heavy atom. The van der Waals surface area contributed by atoms with Gasteiger partial charge in [-0.25, -0.2) is 0 Å². The maximum Gasteiger partial charge on any atom is 0.0351 e. The molecule has 0 radical (unpaired) electrons. The van der Waals surface area contributed by atoms with Crippen molar-refractivity contribution in [3.63, 3.8) is 0 Å². The molecule has 1 heterocycles. The molecule has 0 aromatic rings. The van der Waals surface area contributed by atoms with Gasteiger partial charge in [-0.3, -0.25) is 0 Å². The first-order chi connectivity index (χ1) is 5.77. The molecular weight excluding hydrogens is 170 g/mol. The maximum absolute atomic E-state index is 6.14. The van der Waals surface area contributed by atoms with Gasteiger partial charge in [0.2, 0.25) is 0 Å². The van der Waals surface area contributed by atoms with Crippen LogP contribution >= 0.6 is 11.6 Å². The van der Waals surface area contributed by atoms with Gasteiger partial charge in [-0.05, 0) is 44.1 Å². The highest BCUT2D eigenvalue weighted by atomic mass is 35.5. The molecule has 0 aromatic carbocycles. The molecule has 4 atom stereocenters. The van der Waals surface area contributed by atoms with E-state index in [-0.39, 0.29) is 0 Å². The summed E-state index contributed by atoms with van der Waals surface area (Å²) in [4.78, 5) is 0. The lowest BCUT2D eigenvalue weighted by atomic mass is 9.73. The zero-order valence-corrected chi connectivity index (χ0v) is 8.48. The van der Waals surface area contributed by atoms with Crippen molar-refractivity contribution in [1.82, 2.24) is 5.32 Å². The Balaban J connectivity index is 1.99. The second kappa shape index (κ2) is 3.55. The summed E-state index contributed by atoms with van der Waals surface area (Å²) in [5.41, 5.74) is 0. The highest BCUT2D eigenvalue weighted by Gasteiger charge is 2.34. The molecule has 2 rings (SSSR count). The summed E-state index contributed by atoms with van der Waals surface area (Å²) < 4.78 is 0. The number of hydrogen-bond donors (Lipinski definition) is 1. The average Bonchev–Trinajstić information content (AvgIpc) is 2.04. The molecular formula is C10H18ClN. The molecule has 2 aliphatic rings. The van der Waals surface area contributed by atoms with Crippen LogP contribution in [0.15, 0.2) is 0 Å². The van der Waals surface area contributed by atoms with E-state index in [2.05, 4.69) is 12.2 Å². The van der Waals surface area contributed by atoms with Crippen molar-refractivity contribution in [2.24, 2.45) is 11.8 Å². The predicted molar refractivity (Wildman–Crippen MR) is 52.6 cm³/mol. The lowest BCUT2D eigenvalue weighted by molar-refractivity contribution is 0.153. The largest absolute Gasteiger partial charge is 0.314 e. The second-order valence-corrected chi connectivity index (χ2v) is 5.02. The number of hydrogen-bond acceptors (Lipinski definition) is 1. The molecule has 1 N–H and O–H groups in total. The topological polar surface area (TPSA) is 12.0 Å². The summed E-state index contributed by atoms with van der Waals surface area (Å²) in [6.07, 6.45) is 5.12. The third kappa shape index (κ3) is 1.62. The Bertz CT molecular complexity index is 160. The van der Waals surface area contributed by atoms with Gasteiger partial charge in [-0.1, -0.05) is 6.92 Å². The average molecular weight is 188 g/mol. The molecule has 0 spiro atoms. The molecule has 1 saturated carbocycles. The Morgan fingerprint density at radius 3 is 2.92 bits per heavy atom. The van der Waals surface area contributed by atoms with Crippen LogP contribution in [-0.2, 0) is 0 Å². The summed E-state index contributed by atoms with van der Waals surface area (Å²) in [5, 5.41) is 4.03. The van der Waals surface area contributed by atoms with E-state index >= 15 is 0 Å². The maximum atomic E-state index is 6.14. The fourth-order valence-corrected chi connectivity index (χ4v) is 3.09. The molecule has 0 amide bonds. The van der Waals surface area contributed by atoms with Gasteiger partial charge in [0.1, 0.15) is 0 Å². The Hall–Kier alpha value is 0.250. The lowest BCUT2D eigenvalue weighted by Crippen LogP contribution is -2.48. The third-order valence-corrected chi connectivity index (χ3v) is 3.97. The number of alkyl halides is 1. The van der Waals surface area contributed by atoms with Gasteiger partial charge in [-0.15, -0.1) is 11.6 Å². The van der Waals surface area contributed by atoms with E-state index in [1.807, 2.05) is 0 Å². The summed E-state index contributed by atoms with van der Waals surface area (Å²) in [7, 11) is 0. The fraction of sp³-hybridized carbons (Fsp3) is 1.00. The first-order valence-electron chi connectivity index (χ1n) is 5.15. The van der Waals surface area contributed by atoms with Crippen molar-refractivity contribution in [3.05, 3.63) is 0 Å². The van der Waals surface area contributed by atoms with Gasteiger partial charge in [-0.2, -0.15) is 0 Å². The van der Waals surface area contributed by atoms with Crippen molar-refractivity contribution in [2.75, 3.05) is 6.54 Å². The standard InChI is InChI=1S/C10H18ClN/c1-7-4-5-12-10-6-8(11)2-3-9(7)10/h7-10,12H,2-6H2,1H3. The monoisotopic (exact) mass is 187 g/mol. The number of rotatable bonds is 0. The van der Waals surface area contributed by atoms with Crippen LogP contribution in [0.2, 0.25) is 0 Å². The predicted octanol–water partition coefficient (Wildman–Crippen LogP) is 2.39. The van der Waals surface area contributed by atoms with Crippen LogP contribution in [0.3, 0.4) is 0 Å². The molecule has 1 nitrogen and oxygen atoms in total.